The molecule has 1 aliphatic rings. The molecule has 2 N–H and O–H groups in total. The summed E-state index contributed by atoms with van der Waals surface area (Å²) in [5.41, 5.74) is 11.0. The van der Waals surface area contributed by atoms with Crippen molar-refractivity contribution in [1.82, 2.24) is 0 Å². The van der Waals surface area contributed by atoms with Gasteiger partial charge in [-0.05, 0) is 36.1 Å². The van der Waals surface area contributed by atoms with Crippen LogP contribution in [-0.4, -0.2) is 0 Å². The van der Waals surface area contributed by atoms with E-state index in [0.29, 0.717) is 5.92 Å². The van der Waals surface area contributed by atoms with Crippen LogP contribution in [0.15, 0.2) is 66.2 Å². The van der Waals surface area contributed by atoms with Gasteiger partial charge in [-0.25, -0.2) is 0 Å². The third kappa shape index (κ3) is 2.17. The molecule has 0 aliphatic heterocycles. The summed E-state index contributed by atoms with van der Waals surface area (Å²) in [5, 5.41) is 0. The monoisotopic (exact) mass is 235 g/mol. The molecule has 0 fully saturated rings. The van der Waals surface area contributed by atoms with Crippen molar-refractivity contribution in [3.05, 3.63) is 77.4 Å². The molecule has 2 aromatic rings. The van der Waals surface area contributed by atoms with E-state index in [0.717, 1.165) is 18.5 Å². The number of rotatable bonds is 3. The Labute approximate surface area is 108 Å². The Balaban J connectivity index is 1.76. The number of benzene rings is 2. The van der Waals surface area contributed by atoms with Crippen molar-refractivity contribution in [2.45, 2.75) is 18.8 Å². The molecule has 0 saturated carbocycles. The van der Waals surface area contributed by atoms with Gasteiger partial charge in [0.05, 0.1) is 0 Å². The van der Waals surface area contributed by atoms with Gasteiger partial charge in [-0.3, -0.25) is 0 Å². The first kappa shape index (κ1) is 11.1. The molecule has 1 atom stereocenters. The summed E-state index contributed by atoms with van der Waals surface area (Å²) in [6.07, 6.45) is 4.55. The second-order valence-corrected chi connectivity index (χ2v) is 4.90. The number of allylic oxidation sites excluding steroid dienone is 2. The molecule has 18 heavy (non-hydrogen) atoms. The van der Waals surface area contributed by atoms with E-state index in [1.807, 2.05) is 12.1 Å². The molecule has 1 aliphatic carbocycles. The first-order valence-corrected chi connectivity index (χ1v) is 6.41. The lowest BCUT2D eigenvalue weighted by Crippen LogP contribution is -2.13. The fourth-order valence-electron chi connectivity index (χ4n) is 2.56. The number of nitrogens with two attached hydrogens (primary N) is 1. The van der Waals surface area contributed by atoms with Crippen LogP contribution in [0, 0.1) is 0 Å². The third-order valence-electron chi connectivity index (χ3n) is 3.63. The Hall–Kier alpha value is -2.02. The zero-order chi connectivity index (χ0) is 12.4. The fourth-order valence-corrected chi connectivity index (χ4v) is 2.56. The van der Waals surface area contributed by atoms with E-state index in [1.165, 1.54) is 16.7 Å². The lowest BCUT2D eigenvalue weighted by molar-refractivity contribution is 0.701. The summed E-state index contributed by atoms with van der Waals surface area (Å²) in [4.78, 5) is 0. The standard InChI is InChI=1S/C17H17N/c18-16-8-4-7-14(12-16)17-10-9-15(17)11-13-5-2-1-3-6-13/h1-9,12,17H,10-11,18H2. The van der Waals surface area contributed by atoms with Crippen LogP contribution in [0.5, 0.6) is 0 Å². The zero-order valence-electron chi connectivity index (χ0n) is 10.3. The summed E-state index contributed by atoms with van der Waals surface area (Å²) in [5.74, 6) is 0.564. The van der Waals surface area contributed by atoms with E-state index in [1.54, 1.807) is 0 Å². The van der Waals surface area contributed by atoms with Crippen molar-refractivity contribution >= 4 is 5.69 Å². The lowest BCUT2D eigenvalue weighted by atomic mass is 9.77. The predicted octanol–water partition coefficient (Wildman–Crippen LogP) is 3.93. The fraction of sp³-hybridized carbons (Fsp3) is 0.176. The van der Waals surface area contributed by atoms with Gasteiger partial charge >= 0.3 is 0 Å². The van der Waals surface area contributed by atoms with E-state index in [2.05, 4.69) is 48.5 Å². The smallest absolute Gasteiger partial charge is 0.0316 e. The third-order valence-corrected chi connectivity index (χ3v) is 3.63. The Bertz CT molecular complexity index is 569. The number of hydrogen-bond acceptors (Lipinski definition) is 1. The van der Waals surface area contributed by atoms with Crippen molar-refractivity contribution in [3.63, 3.8) is 0 Å². The Morgan fingerprint density at radius 1 is 1.00 bits per heavy atom. The molecule has 2 aromatic carbocycles. The molecule has 0 amide bonds. The van der Waals surface area contributed by atoms with Gasteiger partial charge in [0.15, 0.2) is 0 Å². The highest BCUT2D eigenvalue weighted by Crippen LogP contribution is 2.39. The van der Waals surface area contributed by atoms with Gasteiger partial charge in [0.1, 0.15) is 0 Å². The average Bonchev–Trinajstić information content (AvgIpc) is 2.36. The summed E-state index contributed by atoms with van der Waals surface area (Å²) >= 11 is 0. The van der Waals surface area contributed by atoms with E-state index >= 15 is 0 Å². The Morgan fingerprint density at radius 2 is 1.83 bits per heavy atom. The van der Waals surface area contributed by atoms with E-state index < -0.39 is 0 Å². The molecule has 0 saturated heterocycles. The van der Waals surface area contributed by atoms with Crippen LogP contribution in [0.2, 0.25) is 0 Å². The molecule has 0 aromatic heterocycles. The maximum absolute atomic E-state index is 5.85. The Kier molecular flexibility index (Phi) is 2.89. The molecule has 1 nitrogen and oxygen atoms in total. The molecule has 0 bridgehead atoms. The first-order valence-electron chi connectivity index (χ1n) is 6.41. The molecule has 0 heterocycles. The normalized spacial score (nSPS) is 18.0. The minimum Gasteiger partial charge on any atom is -0.399 e. The van der Waals surface area contributed by atoms with Crippen LogP contribution < -0.4 is 5.73 Å². The van der Waals surface area contributed by atoms with Gasteiger partial charge in [-0.1, -0.05) is 54.1 Å². The number of hydrogen-bond donors (Lipinski definition) is 1. The van der Waals surface area contributed by atoms with Crippen molar-refractivity contribution in [3.8, 4) is 0 Å². The van der Waals surface area contributed by atoms with Crippen LogP contribution in [0.25, 0.3) is 0 Å². The van der Waals surface area contributed by atoms with Gasteiger partial charge < -0.3 is 5.73 Å². The summed E-state index contributed by atoms with van der Waals surface area (Å²) in [7, 11) is 0. The maximum atomic E-state index is 5.85. The van der Waals surface area contributed by atoms with Crippen LogP contribution in [0.3, 0.4) is 0 Å². The molecule has 3 rings (SSSR count). The highest BCUT2D eigenvalue weighted by molar-refractivity contribution is 5.46. The van der Waals surface area contributed by atoms with Gasteiger partial charge in [0.2, 0.25) is 0 Å². The molecule has 1 unspecified atom stereocenters. The van der Waals surface area contributed by atoms with E-state index in [4.69, 9.17) is 5.73 Å². The van der Waals surface area contributed by atoms with Crippen molar-refractivity contribution in [2.24, 2.45) is 0 Å². The summed E-state index contributed by atoms with van der Waals surface area (Å²) in [6, 6.07) is 18.9. The van der Waals surface area contributed by atoms with Crippen LogP contribution in [-0.2, 0) is 6.42 Å². The van der Waals surface area contributed by atoms with Gasteiger partial charge in [-0.2, -0.15) is 0 Å². The highest BCUT2D eigenvalue weighted by Gasteiger charge is 2.22. The average molecular weight is 235 g/mol. The second kappa shape index (κ2) is 4.69. The van der Waals surface area contributed by atoms with E-state index in [9.17, 15) is 0 Å². The molecule has 0 spiro atoms. The largest absolute Gasteiger partial charge is 0.399 e. The van der Waals surface area contributed by atoms with Crippen molar-refractivity contribution < 1.29 is 0 Å². The topological polar surface area (TPSA) is 26.0 Å². The quantitative estimate of drug-likeness (QED) is 0.633. The summed E-state index contributed by atoms with van der Waals surface area (Å²) < 4.78 is 0. The lowest BCUT2D eigenvalue weighted by Gasteiger charge is -2.28. The molecule has 1 heteroatoms. The number of anilines is 1. The minimum atomic E-state index is 0.564. The van der Waals surface area contributed by atoms with Gasteiger partial charge in [0.25, 0.3) is 0 Å². The molecular formula is C17H17N. The van der Waals surface area contributed by atoms with Crippen molar-refractivity contribution in [2.75, 3.05) is 5.73 Å². The first-order chi connectivity index (χ1) is 8.83. The minimum absolute atomic E-state index is 0.564. The van der Waals surface area contributed by atoms with Crippen LogP contribution >= 0.6 is 0 Å². The van der Waals surface area contributed by atoms with Crippen LogP contribution in [0.1, 0.15) is 23.5 Å². The number of nitrogen functional groups attached to an aromatic ring is 1. The summed E-state index contributed by atoms with van der Waals surface area (Å²) in [6.45, 7) is 0. The predicted molar refractivity (Wildman–Crippen MR) is 76.4 cm³/mol. The van der Waals surface area contributed by atoms with Gasteiger partial charge in [-0.15, -0.1) is 0 Å². The van der Waals surface area contributed by atoms with Crippen molar-refractivity contribution in [1.29, 1.82) is 0 Å². The molecule has 90 valence electrons. The SMILES string of the molecule is Nc1cccc(C2CC=C2Cc2ccccc2)c1. The maximum Gasteiger partial charge on any atom is 0.0316 e. The second-order valence-electron chi connectivity index (χ2n) is 4.90. The zero-order valence-corrected chi connectivity index (χ0v) is 10.3. The van der Waals surface area contributed by atoms with E-state index in [-0.39, 0.29) is 0 Å². The molecule has 0 radical (unpaired) electrons. The highest BCUT2D eigenvalue weighted by atomic mass is 14.5. The Morgan fingerprint density at radius 3 is 2.50 bits per heavy atom. The van der Waals surface area contributed by atoms with Crippen LogP contribution in [0.4, 0.5) is 5.69 Å². The molecular weight excluding hydrogens is 218 g/mol. The van der Waals surface area contributed by atoms with Gasteiger partial charge in [0, 0.05) is 11.6 Å².